The summed E-state index contributed by atoms with van der Waals surface area (Å²) < 4.78 is 23.6. The van der Waals surface area contributed by atoms with E-state index in [2.05, 4.69) is 5.32 Å². The van der Waals surface area contributed by atoms with Crippen molar-refractivity contribution in [3.8, 4) is 0 Å². The van der Waals surface area contributed by atoms with Gasteiger partial charge < -0.3 is 10.2 Å². The molecule has 5 nitrogen and oxygen atoms in total. The molecule has 1 aromatic rings. The van der Waals surface area contributed by atoms with E-state index in [0.717, 1.165) is 0 Å². The zero-order valence-corrected chi connectivity index (χ0v) is 12.7. The number of halogens is 2. The van der Waals surface area contributed by atoms with E-state index < -0.39 is 15.9 Å². The minimum absolute atomic E-state index is 0.0411. The highest BCUT2D eigenvalue weighted by Gasteiger charge is 2.46. The molecule has 0 spiro atoms. The highest BCUT2D eigenvalue weighted by molar-refractivity contribution is 7.91. The first kappa shape index (κ1) is 14.1. The lowest BCUT2D eigenvalue weighted by Gasteiger charge is -2.37. The number of carbonyl (C=O) groups excluding carboxylic acids is 1. The second-order valence-electron chi connectivity index (χ2n) is 5.02. The summed E-state index contributed by atoms with van der Waals surface area (Å²) in [4.78, 5) is 13.7. The fraction of sp³-hybridized carbons (Fsp3) is 0.417. The van der Waals surface area contributed by atoms with Gasteiger partial charge in [-0.15, -0.1) is 0 Å². The van der Waals surface area contributed by atoms with E-state index in [1.807, 2.05) is 0 Å². The number of amides is 1. The number of nitrogens with zero attached hydrogens (tertiary/aromatic N) is 1. The maximum Gasteiger partial charge on any atom is 0.241 e. The third-order valence-corrected chi connectivity index (χ3v) is 5.72. The fourth-order valence-electron chi connectivity index (χ4n) is 2.78. The highest BCUT2D eigenvalue weighted by Crippen LogP contribution is 2.31. The molecule has 0 aliphatic carbocycles. The van der Waals surface area contributed by atoms with Crippen LogP contribution in [0.4, 0.5) is 5.69 Å². The van der Waals surface area contributed by atoms with E-state index in [1.54, 1.807) is 18.2 Å². The predicted octanol–water partition coefficient (Wildman–Crippen LogP) is 1.10. The zero-order valence-electron chi connectivity index (χ0n) is 10.3. The summed E-state index contributed by atoms with van der Waals surface area (Å²) in [6, 6.07) is 4.17. The third-order valence-electron chi connectivity index (χ3n) is 3.56. The van der Waals surface area contributed by atoms with Crippen molar-refractivity contribution < 1.29 is 13.2 Å². The van der Waals surface area contributed by atoms with Crippen LogP contribution in [0.15, 0.2) is 18.2 Å². The molecule has 2 heterocycles. The van der Waals surface area contributed by atoms with E-state index in [4.69, 9.17) is 23.2 Å². The Hall–Kier alpha value is -0.820. The molecule has 2 saturated heterocycles. The molecule has 8 heteroatoms. The van der Waals surface area contributed by atoms with Crippen LogP contribution < -0.4 is 10.2 Å². The lowest BCUT2D eigenvalue weighted by Crippen LogP contribution is -2.60. The third kappa shape index (κ3) is 2.53. The average Bonchev–Trinajstić information content (AvgIpc) is 2.61. The van der Waals surface area contributed by atoms with Crippen molar-refractivity contribution >= 4 is 44.6 Å². The summed E-state index contributed by atoms with van der Waals surface area (Å²) >= 11 is 11.9. The molecule has 2 atom stereocenters. The molecule has 0 bridgehead atoms. The quantitative estimate of drug-likeness (QED) is 0.835. The van der Waals surface area contributed by atoms with Gasteiger partial charge in [-0.2, -0.15) is 0 Å². The van der Waals surface area contributed by atoms with Crippen LogP contribution in [0.3, 0.4) is 0 Å². The lowest BCUT2D eigenvalue weighted by molar-refractivity contribution is -0.119. The van der Waals surface area contributed by atoms with Crippen LogP contribution in [0.25, 0.3) is 0 Å². The topological polar surface area (TPSA) is 66.5 Å². The smallest absolute Gasteiger partial charge is 0.241 e. The Labute approximate surface area is 126 Å². The molecule has 108 valence electrons. The molecule has 0 radical (unpaired) electrons. The number of piperazine rings is 1. The molecule has 1 N–H and O–H groups in total. The Balaban J connectivity index is 2.03. The molecular formula is C12H12Cl2N2O3S. The monoisotopic (exact) mass is 334 g/mol. The molecule has 3 rings (SSSR count). The van der Waals surface area contributed by atoms with Crippen molar-refractivity contribution in [2.24, 2.45) is 0 Å². The van der Waals surface area contributed by atoms with Crippen LogP contribution in [0, 0.1) is 0 Å². The Kier molecular flexibility index (Phi) is 3.44. The van der Waals surface area contributed by atoms with E-state index in [9.17, 15) is 13.2 Å². The lowest BCUT2D eigenvalue weighted by atomic mass is 10.1. The first-order valence-electron chi connectivity index (χ1n) is 6.08. The minimum atomic E-state index is -3.14. The van der Waals surface area contributed by atoms with Crippen molar-refractivity contribution in [3.05, 3.63) is 28.2 Å². The van der Waals surface area contributed by atoms with Gasteiger partial charge in [0.05, 0.1) is 24.1 Å². The Morgan fingerprint density at radius 1 is 1.15 bits per heavy atom. The van der Waals surface area contributed by atoms with Gasteiger partial charge in [-0.05, 0) is 18.2 Å². The van der Waals surface area contributed by atoms with E-state index in [-0.39, 0.29) is 30.0 Å². The standard InChI is InChI=1S/C12H12Cl2N2O3S/c13-7-1-8(14)3-9(2-7)16-11-6-20(18,19)5-10(11)15-4-12(16)17/h1-3,10-11,15H,4-6H2. The molecule has 2 aliphatic heterocycles. The van der Waals surface area contributed by atoms with Gasteiger partial charge in [0.2, 0.25) is 5.91 Å². The number of carbonyl (C=O) groups is 1. The van der Waals surface area contributed by atoms with Crippen LogP contribution in [0.5, 0.6) is 0 Å². The van der Waals surface area contributed by atoms with Crippen molar-refractivity contribution in [3.63, 3.8) is 0 Å². The maximum atomic E-state index is 12.2. The van der Waals surface area contributed by atoms with Crippen molar-refractivity contribution in [2.75, 3.05) is 23.0 Å². The van der Waals surface area contributed by atoms with Gasteiger partial charge in [0.15, 0.2) is 9.84 Å². The van der Waals surface area contributed by atoms with Gasteiger partial charge in [0, 0.05) is 21.8 Å². The zero-order chi connectivity index (χ0) is 14.5. The summed E-state index contributed by atoms with van der Waals surface area (Å²) in [6.45, 7) is 0.112. The number of nitrogens with one attached hydrogen (secondary N) is 1. The molecule has 1 amide bonds. The summed E-state index contributed by atoms with van der Waals surface area (Å²) in [7, 11) is -3.14. The summed E-state index contributed by atoms with van der Waals surface area (Å²) in [5.41, 5.74) is 0.543. The van der Waals surface area contributed by atoms with Gasteiger partial charge >= 0.3 is 0 Å². The van der Waals surface area contributed by atoms with Gasteiger partial charge in [-0.3, -0.25) is 4.79 Å². The SMILES string of the molecule is O=C1CNC2CS(=O)(=O)CC2N1c1cc(Cl)cc(Cl)c1. The Morgan fingerprint density at radius 2 is 1.80 bits per heavy atom. The van der Waals surface area contributed by atoms with Gasteiger partial charge in [-0.25, -0.2) is 8.42 Å². The Bertz CT molecular complexity index is 657. The van der Waals surface area contributed by atoms with Crippen LogP contribution >= 0.6 is 23.2 Å². The minimum Gasteiger partial charge on any atom is -0.306 e. The normalized spacial score (nSPS) is 28.5. The maximum absolute atomic E-state index is 12.2. The Morgan fingerprint density at radius 3 is 2.45 bits per heavy atom. The molecule has 2 aliphatic rings. The van der Waals surface area contributed by atoms with Crippen LogP contribution in [-0.2, 0) is 14.6 Å². The first-order chi connectivity index (χ1) is 9.35. The fourth-order valence-corrected chi connectivity index (χ4v) is 5.22. The summed E-state index contributed by atoms with van der Waals surface area (Å²) in [5.74, 6) is -0.169. The number of fused-ring (bicyclic) bond motifs is 1. The number of benzene rings is 1. The van der Waals surface area contributed by atoms with Crippen LogP contribution in [0.2, 0.25) is 10.0 Å². The van der Waals surface area contributed by atoms with Gasteiger partial charge in [0.1, 0.15) is 0 Å². The molecule has 2 fully saturated rings. The van der Waals surface area contributed by atoms with E-state index in [1.165, 1.54) is 4.90 Å². The van der Waals surface area contributed by atoms with Crippen molar-refractivity contribution in [1.29, 1.82) is 0 Å². The van der Waals surface area contributed by atoms with Crippen molar-refractivity contribution in [2.45, 2.75) is 12.1 Å². The summed E-state index contributed by atoms with van der Waals surface area (Å²) in [6.07, 6.45) is 0. The van der Waals surface area contributed by atoms with E-state index >= 15 is 0 Å². The number of anilines is 1. The van der Waals surface area contributed by atoms with Crippen molar-refractivity contribution in [1.82, 2.24) is 5.32 Å². The average molecular weight is 335 g/mol. The number of hydrogen-bond donors (Lipinski definition) is 1. The molecule has 0 saturated carbocycles. The molecule has 1 aromatic carbocycles. The number of hydrogen-bond acceptors (Lipinski definition) is 4. The van der Waals surface area contributed by atoms with Crippen LogP contribution in [0.1, 0.15) is 0 Å². The molecule has 0 aromatic heterocycles. The van der Waals surface area contributed by atoms with Gasteiger partial charge in [0.25, 0.3) is 0 Å². The molecule has 20 heavy (non-hydrogen) atoms. The van der Waals surface area contributed by atoms with Gasteiger partial charge in [-0.1, -0.05) is 23.2 Å². The summed E-state index contributed by atoms with van der Waals surface area (Å²) in [5, 5.41) is 3.81. The second kappa shape index (κ2) is 4.87. The highest BCUT2D eigenvalue weighted by atomic mass is 35.5. The first-order valence-corrected chi connectivity index (χ1v) is 8.65. The molecule has 2 unspecified atom stereocenters. The number of rotatable bonds is 1. The van der Waals surface area contributed by atoms with E-state index in [0.29, 0.717) is 15.7 Å². The number of sulfone groups is 1. The molecular weight excluding hydrogens is 323 g/mol. The predicted molar refractivity (Wildman–Crippen MR) is 78.2 cm³/mol. The van der Waals surface area contributed by atoms with Crippen LogP contribution in [-0.4, -0.2) is 44.5 Å². The largest absolute Gasteiger partial charge is 0.306 e. The second-order valence-corrected chi connectivity index (χ2v) is 8.05.